The van der Waals surface area contributed by atoms with Crippen molar-refractivity contribution in [3.05, 3.63) is 70.2 Å². The predicted octanol–water partition coefficient (Wildman–Crippen LogP) is 4.10. The van der Waals surface area contributed by atoms with Crippen molar-refractivity contribution in [2.75, 3.05) is 0 Å². The molecule has 2 aromatic carbocycles. The summed E-state index contributed by atoms with van der Waals surface area (Å²) in [4.78, 5) is 0. The first-order valence-electron chi connectivity index (χ1n) is 6.01. The highest BCUT2D eigenvalue weighted by molar-refractivity contribution is 6.30. The van der Waals surface area contributed by atoms with Crippen molar-refractivity contribution in [3.8, 4) is 0 Å². The minimum absolute atomic E-state index is 0.577. The Balaban J connectivity index is 2.23. The summed E-state index contributed by atoms with van der Waals surface area (Å²) in [6.45, 7) is 3.87. The van der Waals surface area contributed by atoms with Crippen molar-refractivity contribution in [1.29, 1.82) is 0 Å². The normalized spacial score (nSPS) is 14.2. The quantitative estimate of drug-likeness (QED) is 0.881. The third-order valence-corrected chi connectivity index (χ3v) is 3.35. The van der Waals surface area contributed by atoms with Gasteiger partial charge in [-0.25, -0.2) is 0 Å². The van der Waals surface area contributed by atoms with Crippen molar-refractivity contribution in [2.24, 2.45) is 0 Å². The van der Waals surface area contributed by atoms with Gasteiger partial charge in [0.2, 0.25) is 0 Å². The Hall–Kier alpha value is -1.31. The van der Waals surface area contributed by atoms with E-state index < -0.39 is 5.60 Å². The highest BCUT2D eigenvalue weighted by Crippen LogP contribution is 2.27. The second kappa shape index (κ2) is 5.13. The Morgan fingerprint density at radius 3 is 2.39 bits per heavy atom. The van der Waals surface area contributed by atoms with E-state index in [1.165, 1.54) is 5.56 Å². The van der Waals surface area contributed by atoms with Crippen molar-refractivity contribution >= 4 is 11.6 Å². The fraction of sp³-hybridized carbons (Fsp3) is 0.250. The zero-order valence-corrected chi connectivity index (χ0v) is 11.4. The molecule has 0 spiro atoms. The highest BCUT2D eigenvalue weighted by atomic mass is 35.5. The van der Waals surface area contributed by atoms with Gasteiger partial charge in [-0.2, -0.15) is 0 Å². The monoisotopic (exact) mass is 260 g/mol. The smallest absolute Gasteiger partial charge is 0.0909 e. The molecule has 18 heavy (non-hydrogen) atoms. The van der Waals surface area contributed by atoms with E-state index in [4.69, 9.17) is 11.6 Å². The Morgan fingerprint density at radius 1 is 1.11 bits per heavy atom. The third-order valence-electron chi connectivity index (χ3n) is 3.12. The van der Waals surface area contributed by atoms with Crippen molar-refractivity contribution in [3.63, 3.8) is 0 Å². The molecular formula is C16H17ClO. The fourth-order valence-corrected chi connectivity index (χ4v) is 2.22. The van der Waals surface area contributed by atoms with Gasteiger partial charge in [0.05, 0.1) is 5.60 Å². The number of aryl methyl sites for hydroxylation is 1. The standard InChI is InChI=1S/C16H17ClO/c1-12-6-8-13(9-7-12)11-16(2,18)14-4-3-5-15(17)10-14/h3-10,18H,11H2,1-2H3. The molecule has 2 aromatic rings. The summed E-state index contributed by atoms with van der Waals surface area (Å²) >= 11 is 5.96. The zero-order chi connectivity index (χ0) is 13.2. The molecule has 94 valence electrons. The number of aliphatic hydroxyl groups is 1. The molecular weight excluding hydrogens is 244 g/mol. The summed E-state index contributed by atoms with van der Waals surface area (Å²) < 4.78 is 0. The van der Waals surface area contributed by atoms with E-state index in [-0.39, 0.29) is 0 Å². The second-order valence-corrected chi connectivity index (χ2v) is 5.38. The largest absolute Gasteiger partial charge is 0.385 e. The van der Waals surface area contributed by atoms with Crippen LogP contribution in [0, 0.1) is 6.92 Å². The van der Waals surface area contributed by atoms with Crippen LogP contribution in [0.3, 0.4) is 0 Å². The van der Waals surface area contributed by atoms with Gasteiger partial charge in [0, 0.05) is 11.4 Å². The zero-order valence-electron chi connectivity index (χ0n) is 10.7. The summed E-state index contributed by atoms with van der Waals surface area (Å²) in [5.74, 6) is 0. The minimum Gasteiger partial charge on any atom is -0.385 e. The number of hydrogen-bond donors (Lipinski definition) is 1. The minimum atomic E-state index is -0.903. The van der Waals surface area contributed by atoms with Gasteiger partial charge in [0.25, 0.3) is 0 Å². The van der Waals surface area contributed by atoms with Gasteiger partial charge in [-0.05, 0) is 37.1 Å². The lowest BCUT2D eigenvalue weighted by Crippen LogP contribution is -2.24. The number of benzene rings is 2. The lowest BCUT2D eigenvalue weighted by atomic mass is 9.89. The van der Waals surface area contributed by atoms with E-state index in [1.807, 2.05) is 43.3 Å². The maximum Gasteiger partial charge on any atom is 0.0909 e. The predicted molar refractivity (Wildman–Crippen MR) is 75.9 cm³/mol. The first kappa shape index (κ1) is 13.1. The van der Waals surface area contributed by atoms with Crippen LogP contribution in [0.5, 0.6) is 0 Å². The maximum atomic E-state index is 10.6. The lowest BCUT2D eigenvalue weighted by molar-refractivity contribution is 0.0576. The molecule has 0 aliphatic carbocycles. The Kier molecular flexibility index (Phi) is 3.74. The Bertz CT molecular complexity index is 529. The van der Waals surface area contributed by atoms with Gasteiger partial charge in [0.15, 0.2) is 0 Å². The SMILES string of the molecule is Cc1ccc(CC(C)(O)c2cccc(Cl)c2)cc1. The molecule has 0 amide bonds. The van der Waals surface area contributed by atoms with Crippen LogP contribution in [-0.2, 0) is 12.0 Å². The van der Waals surface area contributed by atoms with Crippen LogP contribution >= 0.6 is 11.6 Å². The molecule has 0 aromatic heterocycles. The van der Waals surface area contributed by atoms with Crippen LogP contribution in [0.4, 0.5) is 0 Å². The molecule has 1 nitrogen and oxygen atoms in total. The molecule has 0 saturated heterocycles. The number of rotatable bonds is 3. The third kappa shape index (κ3) is 3.12. The number of hydrogen-bond acceptors (Lipinski definition) is 1. The fourth-order valence-electron chi connectivity index (χ4n) is 2.03. The van der Waals surface area contributed by atoms with E-state index in [0.717, 1.165) is 11.1 Å². The van der Waals surface area contributed by atoms with Crippen molar-refractivity contribution < 1.29 is 5.11 Å². The van der Waals surface area contributed by atoms with Gasteiger partial charge in [-0.3, -0.25) is 0 Å². The molecule has 0 radical (unpaired) electrons. The molecule has 1 unspecified atom stereocenters. The topological polar surface area (TPSA) is 20.2 Å². The van der Waals surface area contributed by atoms with Crippen LogP contribution in [-0.4, -0.2) is 5.11 Å². The summed E-state index contributed by atoms with van der Waals surface area (Å²) in [7, 11) is 0. The molecule has 0 heterocycles. The van der Waals surface area contributed by atoms with Crippen LogP contribution < -0.4 is 0 Å². The van der Waals surface area contributed by atoms with Gasteiger partial charge in [0.1, 0.15) is 0 Å². The average Bonchev–Trinajstić information content (AvgIpc) is 2.32. The van der Waals surface area contributed by atoms with Crippen LogP contribution in [0.2, 0.25) is 5.02 Å². The van der Waals surface area contributed by atoms with E-state index in [2.05, 4.69) is 19.1 Å². The van der Waals surface area contributed by atoms with Gasteiger partial charge >= 0.3 is 0 Å². The van der Waals surface area contributed by atoms with E-state index in [0.29, 0.717) is 11.4 Å². The first-order valence-corrected chi connectivity index (χ1v) is 6.39. The second-order valence-electron chi connectivity index (χ2n) is 4.95. The molecule has 2 heteroatoms. The summed E-state index contributed by atoms with van der Waals surface area (Å²) in [6, 6.07) is 15.6. The van der Waals surface area contributed by atoms with E-state index in [1.54, 1.807) is 0 Å². The Labute approximate surface area is 113 Å². The van der Waals surface area contributed by atoms with Crippen LogP contribution in [0.1, 0.15) is 23.6 Å². The Morgan fingerprint density at radius 2 is 1.78 bits per heavy atom. The summed E-state index contributed by atoms with van der Waals surface area (Å²) in [5, 5.41) is 11.2. The van der Waals surface area contributed by atoms with Crippen LogP contribution in [0.15, 0.2) is 48.5 Å². The van der Waals surface area contributed by atoms with Crippen molar-refractivity contribution in [1.82, 2.24) is 0 Å². The number of halogens is 1. The average molecular weight is 261 g/mol. The molecule has 1 atom stereocenters. The molecule has 0 aliphatic heterocycles. The molecule has 0 fully saturated rings. The first-order chi connectivity index (χ1) is 8.47. The van der Waals surface area contributed by atoms with Crippen LogP contribution in [0.25, 0.3) is 0 Å². The highest BCUT2D eigenvalue weighted by Gasteiger charge is 2.23. The molecule has 0 saturated carbocycles. The molecule has 0 aliphatic rings. The van der Waals surface area contributed by atoms with Gasteiger partial charge in [-0.15, -0.1) is 0 Å². The maximum absolute atomic E-state index is 10.6. The lowest BCUT2D eigenvalue weighted by Gasteiger charge is -2.24. The van der Waals surface area contributed by atoms with E-state index in [9.17, 15) is 5.11 Å². The summed E-state index contributed by atoms with van der Waals surface area (Å²) in [5.41, 5.74) is 2.28. The van der Waals surface area contributed by atoms with E-state index >= 15 is 0 Å². The molecule has 1 N–H and O–H groups in total. The molecule has 2 rings (SSSR count). The van der Waals surface area contributed by atoms with Gasteiger partial charge in [-0.1, -0.05) is 53.6 Å². The molecule has 0 bridgehead atoms. The summed E-state index contributed by atoms with van der Waals surface area (Å²) in [6.07, 6.45) is 0.577. The van der Waals surface area contributed by atoms with Crippen molar-refractivity contribution in [2.45, 2.75) is 25.9 Å². The van der Waals surface area contributed by atoms with Gasteiger partial charge < -0.3 is 5.11 Å².